The molecule has 90 valence electrons. The molecule has 0 unspecified atom stereocenters. The molecule has 1 aromatic rings. The van der Waals surface area contributed by atoms with Crippen LogP contribution in [0, 0.1) is 5.41 Å². The Morgan fingerprint density at radius 2 is 2.25 bits per heavy atom. The Labute approximate surface area is 106 Å². The maximum Gasteiger partial charge on any atom is 0.117 e. The zero-order valence-electron chi connectivity index (χ0n) is 10.1. The van der Waals surface area contributed by atoms with Crippen LogP contribution in [-0.2, 0) is 6.54 Å². The SMILES string of the molecule is CC(C)(CBr)CN(Cc1ccco1)C1CC1. The Kier molecular flexibility index (Phi) is 3.75. The van der Waals surface area contributed by atoms with Crippen LogP contribution >= 0.6 is 15.9 Å². The highest BCUT2D eigenvalue weighted by Crippen LogP contribution is 2.32. The van der Waals surface area contributed by atoms with Crippen LogP contribution in [0.5, 0.6) is 0 Å². The number of hydrogen-bond acceptors (Lipinski definition) is 2. The van der Waals surface area contributed by atoms with Gasteiger partial charge in [0.25, 0.3) is 0 Å². The van der Waals surface area contributed by atoms with Crippen LogP contribution in [0.25, 0.3) is 0 Å². The topological polar surface area (TPSA) is 16.4 Å². The molecular formula is C13H20BrNO. The molecule has 16 heavy (non-hydrogen) atoms. The quantitative estimate of drug-likeness (QED) is 0.742. The zero-order chi connectivity index (χ0) is 11.6. The molecule has 2 rings (SSSR count). The first kappa shape index (κ1) is 12.2. The normalized spacial score (nSPS) is 17.0. The lowest BCUT2D eigenvalue weighted by Crippen LogP contribution is -2.36. The van der Waals surface area contributed by atoms with E-state index in [4.69, 9.17) is 4.42 Å². The molecule has 0 saturated heterocycles. The Morgan fingerprint density at radius 3 is 2.75 bits per heavy atom. The lowest BCUT2D eigenvalue weighted by Gasteiger charge is -2.31. The summed E-state index contributed by atoms with van der Waals surface area (Å²) in [6.07, 6.45) is 4.45. The highest BCUT2D eigenvalue weighted by Gasteiger charge is 2.33. The Bertz CT molecular complexity index is 317. The minimum Gasteiger partial charge on any atom is -0.468 e. The van der Waals surface area contributed by atoms with E-state index in [1.165, 1.54) is 12.8 Å². The fourth-order valence-electron chi connectivity index (χ4n) is 1.95. The van der Waals surface area contributed by atoms with Gasteiger partial charge >= 0.3 is 0 Å². The van der Waals surface area contributed by atoms with E-state index in [1.807, 2.05) is 6.07 Å². The van der Waals surface area contributed by atoms with Crippen molar-refractivity contribution >= 4 is 15.9 Å². The van der Waals surface area contributed by atoms with Gasteiger partial charge in [-0.3, -0.25) is 4.90 Å². The van der Waals surface area contributed by atoms with Crippen molar-refractivity contribution in [2.24, 2.45) is 5.41 Å². The van der Waals surface area contributed by atoms with Crippen molar-refractivity contribution in [1.82, 2.24) is 4.90 Å². The predicted molar refractivity (Wildman–Crippen MR) is 69.7 cm³/mol. The molecule has 0 atom stereocenters. The summed E-state index contributed by atoms with van der Waals surface area (Å²) >= 11 is 3.60. The van der Waals surface area contributed by atoms with Gasteiger partial charge in [0.2, 0.25) is 0 Å². The summed E-state index contributed by atoms with van der Waals surface area (Å²) in [6.45, 7) is 6.69. The highest BCUT2D eigenvalue weighted by molar-refractivity contribution is 9.09. The molecule has 1 aliphatic carbocycles. The van der Waals surface area contributed by atoms with Gasteiger partial charge in [-0.05, 0) is 30.4 Å². The van der Waals surface area contributed by atoms with Crippen molar-refractivity contribution in [2.75, 3.05) is 11.9 Å². The second-order valence-electron chi connectivity index (χ2n) is 5.51. The van der Waals surface area contributed by atoms with Crippen molar-refractivity contribution in [1.29, 1.82) is 0 Å². The van der Waals surface area contributed by atoms with Crippen molar-refractivity contribution < 1.29 is 4.42 Å². The van der Waals surface area contributed by atoms with Crippen molar-refractivity contribution in [3.8, 4) is 0 Å². The van der Waals surface area contributed by atoms with Crippen LogP contribution in [-0.4, -0.2) is 22.8 Å². The molecule has 0 amide bonds. The van der Waals surface area contributed by atoms with Crippen LogP contribution < -0.4 is 0 Å². The molecule has 1 fully saturated rings. The van der Waals surface area contributed by atoms with E-state index < -0.39 is 0 Å². The maximum atomic E-state index is 5.44. The number of rotatable bonds is 6. The minimum atomic E-state index is 0.329. The lowest BCUT2D eigenvalue weighted by atomic mass is 9.96. The number of furan rings is 1. The van der Waals surface area contributed by atoms with Gasteiger partial charge in [0, 0.05) is 17.9 Å². The Hall–Kier alpha value is -0.280. The van der Waals surface area contributed by atoms with Gasteiger partial charge in [-0.15, -0.1) is 0 Å². The molecular weight excluding hydrogens is 266 g/mol. The average Bonchev–Trinajstić information content (AvgIpc) is 2.97. The summed E-state index contributed by atoms with van der Waals surface area (Å²) in [5.74, 6) is 1.08. The first-order valence-electron chi connectivity index (χ1n) is 5.93. The van der Waals surface area contributed by atoms with Gasteiger partial charge in [0.05, 0.1) is 12.8 Å². The largest absolute Gasteiger partial charge is 0.468 e. The Morgan fingerprint density at radius 1 is 1.50 bits per heavy atom. The highest BCUT2D eigenvalue weighted by atomic mass is 79.9. The van der Waals surface area contributed by atoms with Crippen molar-refractivity contribution in [3.63, 3.8) is 0 Å². The second-order valence-corrected chi connectivity index (χ2v) is 6.07. The Balaban J connectivity index is 1.95. The van der Waals surface area contributed by atoms with Gasteiger partial charge in [-0.1, -0.05) is 29.8 Å². The molecule has 0 radical (unpaired) electrons. The van der Waals surface area contributed by atoms with E-state index in [2.05, 4.69) is 40.7 Å². The maximum absolute atomic E-state index is 5.44. The molecule has 0 spiro atoms. The minimum absolute atomic E-state index is 0.329. The summed E-state index contributed by atoms with van der Waals surface area (Å²) < 4.78 is 5.44. The van der Waals surface area contributed by atoms with Gasteiger partial charge < -0.3 is 4.42 Å². The summed E-state index contributed by atoms with van der Waals surface area (Å²) in [7, 11) is 0. The number of alkyl halides is 1. The molecule has 1 saturated carbocycles. The van der Waals surface area contributed by atoms with Crippen LogP contribution in [0.3, 0.4) is 0 Å². The number of hydrogen-bond donors (Lipinski definition) is 0. The van der Waals surface area contributed by atoms with Crippen LogP contribution in [0.1, 0.15) is 32.4 Å². The van der Waals surface area contributed by atoms with Crippen LogP contribution in [0.4, 0.5) is 0 Å². The van der Waals surface area contributed by atoms with Crippen molar-refractivity contribution in [3.05, 3.63) is 24.2 Å². The van der Waals surface area contributed by atoms with Crippen LogP contribution in [0.15, 0.2) is 22.8 Å². The molecule has 0 aromatic carbocycles. The third-order valence-electron chi connectivity index (χ3n) is 3.00. The van der Waals surface area contributed by atoms with Gasteiger partial charge in [0.1, 0.15) is 5.76 Å². The third-order valence-corrected chi connectivity index (χ3v) is 4.51. The molecule has 0 N–H and O–H groups in total. The number of halogens is 1. The smallest absolute Gasteiger partial charge is 0.117 e. The first-order valence-corrected chi connectivity index (χ1v) is 7.05. The molecule has 1 heterocycles. The zero-order valence-corrected chi connectivity index (χ0v) is 11.7. The van der Waals surface area contributed by atoms with Crippen molar-refractivity contribution in [2.45, 2.75) is 39.3 Å². The summed E-state index contributed by atoms with van der Waals surface area (Å²) in [4.78, 5) is 2.56. The fourth-order valence-corrected chi connectivity index (χ4v) is 2.13. The standard InChI is InChI=1S/C13H20BrNO/c1-13(2,9-14)10-15(11-5-6-11)8-12-4-3-7-16-12/h3-4,7,11H,5-6,8-10H2,1-2H3. The lowest BCUT2D eigenvalue weighted by molar-refractivity contribution is 0.167. The van der Waals surface area contributed by atoms with E-state index in [0.29, 0.717) is 5.41 Å². The first-order chi connectivity index (χ1) is 7.61. The van der Waals surface area contributed by atoms with Gasteiger partial charge in [0.15, 0.2) is 0 Å². The summed E-state index contributed by atoms with van der Waals surface area (Å²) in [5, 5.41) is 1.04. The molecule has 2 nitrogen and oxygen atoms in total. The van der Waals surface area contributed by atoms with Gasteiger partial charge in [-0.25, -0.2) is 0 Å². The summed E-state index contributed by atoms with van der Waals surface area (Å²) in [6, 6.07) is 4.82. The van der Waals surface area contributed by atoms with E-state index in [9.17, 15) is 0 Å². The average molecular weight is 286 g/mol. The van der Waals surface area contributed by atoms with E-state index in [0.717, 1.165) is 30.2 Å². The predicted octanol–water partition coefficient (Wildman–Crippen LogP) is 3.67. The summed E-state index contributed by atoms with van der Waals surface area (Å²) in [5.41, 5.74) is 0.329. The molecule has 1 aromatic heterocycles. The van der Waals surface area contributed by atoms with E-state index >= 15 is 0 Å². The fraction of sp³-hybridized carbons (Fsp3) is 0.692. The van der Waals surface area contributed by atoms with E-state index in [-0.39, 0.29) is 0 Å². The molecule has 1 aliphatic rings. The van der Waals surface area contributed by atoms with Crippen LogP contribution in [0.2, 0.25) is 0 Å². The molecule has 0 bridgehead atoms. The molecule has 0 aliphatic heterocycles. The third kappa shape index (κ3) is 3.36. The second kappa shape index (κ2) is 4.92. The monoisotopic (exact) mass is 285 g/mol. The van der Waals surface area contributed by atoms with E-state index in [1.54, 1.807) is 6.26 Å². The number of nitrogens with zero attached hydrogens (tertiary/aromatic N) is 1. The van der Waals surface area contributed by atoms with Gasteiger partial charge in [-0.2, -0.15) is 0 Å². The molecule has 3 heteroatoms.